The van der Waals surface area contributed by atoms with Crippen LogP contribution in [0.5, 0.6) is 0 Å². The van der Waals surface area contributed by atoms with Crippen molar-refractivity contribution in [1.29, 1.82) is 0 Å². The smallest absolute Gasteiger partial charge is 0.242 e. The van der Waals surface area contributed by atoms with E-state index < -0.39 is 10.0 Å². The van der Waals surface area contributed by atoms with Crippen molar-refractivity contribution in [3.05, 3.63) is 45.9 Å². The summed E-state index contributed by atoms with van der Waals surface area (Å²) < 4.78 is 25.3. The Morgan fingerprint density at radius 2 is 1.89 bits per heavy atom. The van der Waals surface area contributed by atoms with Gasteiger partial charge in [-0.05, 0) is 24.6 Å². The van der Waals surface area contributed by atoms with Crippen molar-refractivity contribution >= 4 is 51.3 Å². The number of aromatic nitrogens is 1. The van der Waals surface area contributed by atoms with Crippen LogP contribution in [0.15, 0.2) is 39.5 Å². The first-order chi connectivity index (χ1) is 12.3. The summed E-state index contributed by atoms with van der Waals surface area (Å²) in [6.07, 6.45) is 0.835. The van der Waals surface area contributed by atoms with E-state index >= 15 is 0 Å². The summed E-state index contributed by atoms with van der Waals surface area (Å²) in [5.74, 6) is 0.696. The molecule has 0 amide bonds. The predicted octanol–water partition coefficient (Wildman–Crippen LogP) is 2.23. The first-order valence-electron chi connectivity index (χ1n) is 8.20. The van der Waals surface area contributed by atoms with Gasteiger partial charge in [0.15, 0.2) is 5.96 Å². The zero-order chi connectivity index (χ0) is 19.2. The van der Waals surface area contributed by atoms with Crippen molar-refractivity contribution in [2.24, 2.45) is 4.99 Å². The van der Waals surface area contributed by atoms with Gasteiger partial charge >= 0.3 is 0 Å². The Labute approximate surface area is 182 Å². The minimum absolute atomic E-state index is 0. The van der Waals surface area contributed by atoms with Crippen LogP contribution in [0.25, 0.3) is 0 Å². The van der Waals surface area contributed by atoms with Crippen molar-refractivity contribution < 1.29 is 8.42 Å². The lowest BCUT2D eigenvalue weighted by molar-refractivity contribution is 0.520. The Hall–Kier alpha value is -1.24. The van der Waals surface area contributed by atoms with Crippen LogP contribution in [0.4, 0.5) is 0 Å². The Balaban J connectivity index is 0.00000364. The lowest BCUT2D eigenvalue weighted by Crippen LogP contribution is -2.37. The minimum atomic E-state index is -3.39. The lowest BCUT2D eigenvalue weighted by atomic mass is 10.2. The van der Waals surface area contributed by atoms with E-state index in [1.165, 1.54) is 18.4 Å². The van der Waals surface area contributed by atoms with Crippen molar-refractivity contribution in [2.45, 2.75) is 24.8 Å². The van der Waals surface area contributed by atoms with Gasteiger partial charge in [0.05, 0.1) is 15.6 Å². The molecule has 27 heavy (non-hydrogen) atoms. The molecule has 0 atom stereocenters. The van der Waals surface area contributed by atoms with E-state index in [1.54, 1.807) is 42.6 Å². The molecule has 1 aromatic carbocycles. The molecule has 0 spiro atoms. The highest BCUT2D eigenvalue weighted by Crippen LogP contribution is 2.14. The van der Waals surface area contributed by atoms with Gasteiger partial charge in [-0.15, -0.1) is 35.3 Å². The molecule has 0 fully saturated rings. The van der Waals surface area contributed by atoms with Crippen LogP contribution in [-0.2, 0) is 23.0 Å². The number of sulfonamides is 1. The molecule has 0 aliphatic carbocycles. The van der Waals surface area contributed by atoms with Gasteiger partial charge in [0.25, 0.3) is 0 Å². The average Bonchev–Trinajstić information content (AvgIpc) is 3.03. The molecule has 0 saturated carbocycles. The molecule has 0 saturated heterocycles. The number of hydrogen-bond acceptors (Lipinski definition) is 5. The Morgan fingerprint density at radius 1 is 1.22 bits per heavy atom. The SMILES string of the molecule is CN=C(NCCc1csc(C)n1)NCc1ccc(S(=O)(=O)N(C)C)cc1.I. The summed E-state index contributed by atoms with van der Waals surface area (Å²) >= 11 is 1.65. The number of aliphatic imine (C=N–C) groups is 1. The molecular formula is C17H26IN5O2S2. The second kappa shape index (κ2) is 10.9. The fourth-order valence-electron chi connectivity index (χ4n) is 2.23. The number of rotatable bonds is 7. The fourth-order valence-corrected chi connectivity index (χ4v) is 3.78. The highest BCUT2D eigenvalue weighted by Gasteiger charge is 2.16. The van der Waals surface area contributed by atoms with Crippen molar-refractivity contribution in [2.75, 3.05) is 27.7 Å². The maximum absolute atomic E-state index is 12.1. The predicted molar refractivity (Wildman–Crippen MR) is 121 cm³/mol. The Bertz CT molecular complexity index is 848. The Kier molecular flexibility index (Phi) is 9.63. The molecule has 2 N–H and O–H groups in total. The number of benzene rings is 1. The molecular weight excluding hydrogens is 497 g/mol. The third-order valence-electron chi connectivity index (χ3n) is 3.73. The number of guanidine groups is 1. The first-order valence-corrected chi connectivity index (χ1v) is 10.5. The summed E-state index contributed by atoms with van der Waals surface area (Å²) in [4.78, 5) is 8.91. The van der Waals surface area contributed by atoms with Crippen LogP contribution in [0.2, 0.25) is 0 Å². The lowest BCUT2D eigenvalue weighted by Gasteiger charge is -2.13. The van der Waals surface area contributed by atoms with E-state index in [0.29, 0.717) is 12.5 Å². The monoisotopic (exact) mass is 523 g/mol. The Morgan fingerprint density at radius 3 is 2.41 bits per heavy atom. The third kappa shape index (κ3) is 7.01. The van der Waals surface area contributed by atoms with E-state index in [1.807, 2.05) is 6.92 Å². The summed E-state index contributed by atoms with van der Waals surface area (Å²) in [7, 11) is 1.37. The average molecular weight is 523 g/mol. The van der Waals surface area contributed by atoms with Gasteiger partial charge in [-0.1, -0.05) is 12.1 Å². The molecule has 0 unspecified atom stereocenters. The van der Waals surface area contributed by atoms with Crippen LogP contribution in [0.3, 0.4) is 0 Å². The molecule has 2 aromatic rings. The number of hydrogen-bond donors (Lipinski definition) is 2. The largest absolute Gasteiger partial charge is 0.356 e. The molecule has 10 heteroatoms. The number of halogens is 1. The van der Waals surface area contributed by atoms with Gasteiger partial charge in [0, 0.05) is 46.0 Å². The van der Waals surface area contributed by atoms with E-state index in [9.17, 15) is 8.42 Å². The fraction of sp³-hybridized carbons (Fsp3) is 0.412. The summed E-state index contributed by atoms with van der Waals surface area (Å²) in [6.45, 7) is 3.29. The summed E-state index contributed by atoms with van der Waals surface area (Å²) in [5, 5.41) is 9.61. The quantitative estimate of drug-likeness (QED) is 0.330. The molecule has 1 heterocycles. The second-order valence-electron chi connectivity index (χ2n) is 5.89. The minimum Gasteiger partial charge on any atom is -0.356 e. The van der Waals surface area contributed by atoms with Crippen LogP contribution in [0, 0.1) is 6.92 Å². The highest BCUT2D eigenvalue weighted by atomic mass is 127. The van der Waals surface area contributed by atoms with Gasteiger partial charge in [-0.3, -0.25) is 4.99 Å². The van der Waals surface area contributed by atoms with Crippen LogP contribution in [-0.4, -0.2) is 51.4 Å². The molecule has 7 nitrogen and oxygen atoms in total. The standard InChI is InChI=1S/C17H25N5O2S2.HI/c1-13-21-15(12-25-13)9-10-19-17(18-2)20-11-14-5-7-16(8-6-14)26(23,24)22(3)4;/h5-8,12H,9-11H2,1-4H3,(H2,18,19,20);1H. The maximum Gasteiger partial charge on any atom is 0.242 e. The molecule has 0 radical (unpaired) electrons. The zero-order valence-corrected chi connectivity index (χ0v) is 19.9. The third-order valence-corrected chi connectivity index (χ3v) is 6.38. The van der Waals surface area contributed by atoms with Gasteiger partial charge in [0.1, 0.15) is 0 Å². The number of nitrogens with zero attached hydrogens (tertiary/aromatic N) is 3. The topological polar surface area (TPSA) is 86.7 Å². The normalized spacial score (nSPS) is 12.0. The summed E-state index contributed by atoms with van der Waals surface area (Å²) in [6, 6.07) is 6.84. The van der Waals surface area contributed by atoms with Crippen molar-refractivity contribution in [1.82, 2.24) is 19.9 Å². The maximum atomic E-state index is 12.1. The molecule has 2 rings (SSSR count). The van der Waals surface area contributed by atoms with E-state index in [4.69, 9.17) is 0 Å². The summed E-state index contributed by atoms with van der Waals surface area (Å²) in [5.41, 5.74) is 2.05. The molecule has 1 aromatic heterocycles. The van der Waals surface area contributed by atoms with Crippen LogP contribution >= 0.6 is 35.3 Å². The number of aryl methyl sites for hydroxylation is 1. The van der Waals surface area contributed by atoms with Crippen molar-refractivity contribution in [3.8, 4) is 0 Å². The van der Waals surface area contributed by atoms with E-state index in [0.717, 1.165) is 29.2 Å². The molecule has 150 valence electrons. The molecule has 0 bridgehead atoms. The van der Waals surface area contributed by atoms with Gasteiger partial charge in [-0.25, -0.2) is 17.7 Å². The van der Waals surface area contributed by atoms with Crippen molar-refractivity contribution in [3.63, 3.8) is 0 Å². The van der Waals surface area contributed by atoms with Gasteiger partial charge in [-0.2, -0.15) is 0 Å². The van der Waals surface area contributed by atoms with E-state index in [-0.39, 0.29) is 28.9 Å². The van der Waals surface area contributed by atoms with Gasteiger partial charge < -0.3 is 10.6 Å². The first kappa shape index (κ1) is 23.8. The van der Waals surface area contributed by atoms with Gasteiger partial charge in [0.2, 0.25) is 10.0 Å². The van der Waals surface area contributed by atoms with Crippen LogP contribution < -0.4 is 10.6 Å². The van der Waals surface area contributed by atoms with Crippen LogP contribution in [0.1, 0.15) is 16.3 Å². The molecule has 0 aliphatic rings. The second-order valence-corrected chi connectivity index (χ2v) is 9.11. The number of nitrogens with one attached hydrogen (secondary N) is 2. The van der Waals surface area contributed by atoms with E-state index in [2.05, 4.69) is 26.0 Å². The highest BCUT2D eigenvalue weighted by molar-refractivity contribution is 14.0. The molecule has 0 aliphatic heterocycles. The number of thiazole rings is 1. The zero-order valence-electron chi connectivity index (χ0n) is 15.9.